The van der Waals surface area contributed by atoms with Crippen LogP contribution in [0.3, 0.4) is 0 Å². The third-order valence-electron chi connectivity index (χ3n) is 20.6. The molecule has 4 aromatic heterocycles. The number of carbonyl (C=O) groups is 4. The Morgan fingerprint density at radius 2 is 0.920 bits per heavy atom. The summed E-state index contributed by atoms with van der Waals surface area (Å²) in [5.41, 5.74) is 16.5. The molecule has 21 nitrogen and oxygen atoms in total. The zero-order chi connectivity index (χ0) is 80.2. The third kappa shape index (κ3) is 19.0. The summed E-state index contributed by atoms with van der Waals surface area (Å²) in [5.74, 6) is -1.32. The summed E-state index contributed by atoms with van der Waals surface area (Å²) in [4.78, 5) is 56.4. The third-order valence-corrected chi connectivity index (χ3v) is 24.8. The Morgan fingerprint density at radius 1 is 0.518 bits per heavy atom. The van der Waals surface area contributed by atoms with Crippen LogP contribution in [0.25, 0.3) is 33.4 Å². The van der Waals surface area contributed by atoms with E-state index >= 15 is 0 Å². The van der Waals surface area contributed by atoms with Crippen LogP contribution >= 0.6 is 46.4 Å². The van der Waals surface area contributed by atoms with Gasteiger partial charge < -0.3 is 33.8 Å². The van der Waals surface area contributed by atoms with E-state index in [4.69, 9.17) is 74.9 Å². The van der Waals surface area contributed by atoms with E-state index in [-0.39, 0.29) is 56.0 Å². The van der Waals surface area contributed by atoms with Gasteiger partial charge in [-0.1, -0.05) is 96.3 Å². The van der Waals surface area contributed by atoms with Crippen LogP contribution in [0.5, 0.6) is 11.5 Å². The summed E-state index contributed by atoms with van der Waals surface area (Å²) in [7, 11) is -9.00. The molecule has 4 amide bonds. The van der Waals surface area contributed by atoms with E-state index in [0.717, 1.165) is 127 Å². The molecule has 9 aromatic rings. The maximum absolute atomic E-state index is 14.2. The highest BCUT2D eigenvalue weighted by Crippen LogP contribution is 2.48. The molecule has 1 saturated heterocycles. The second-order valence-electron chi connectivity index (χ2n) is 29.5. The number of amides is 4. The van der Waals surface area contributed by atoms with Crippen molar-refractivity contribution >= 4 is 101 Å². The van der Waals surface area contributed by atoms with Crippen molar-refractivity contribution in [3.8, 4) is 33.8 Å². The van der Waals surface area contributed by atoms with Gasteiger partial charge in [0, 0.05) is 109 Å². The molecule has 3 aliphatic rings. The van der Waals surface area contributed by atoms with Crippen LogP contribution in [0.2, 0.25) is 20.1 Å². The Hall–Kier alpha value is -8.94. The second-order valence-corrected chi connectivity index (χ2v) is 34.3. The fourth-order valence-electron chi connectivity index (χ4n) is 15.0. The molecule has 5 heterocycles. The van der Waals surface area contributed by atoms with Gasteiger partial charge >= 0.3 is 0 Å². The van der Waals surface area contributed by atoms with Gasteiger partial charge in [-0.05, 0) is 276 Å². The molecule has 4 N–H and O–H groups in total. The summed E-state index contributed by atoms with van der Waals surface area (Å²) >= 11 is 26.6. The monoisotopic (exact) mass is 1640 g/mol. The maximum Gasteiger partial charge on any atom is 0.297 e. The van der Waals surface area contributed by atoms with Gasteiger partial charge in [-0.2, -0.15) is 27.0 Å². The number of ether oxygens (including phenoxy) is 2. The van der Waals surface area contributed by atoms with Crippen molar-refractivity contribution in [2.24, 2.45) is 5.92 Å². The van der Waals surface area contributed by atoms with Crippen LogP contribution in [0.4, 0.5) is 0 Å². The van der Waals surface area contributed by atoms with Gasteiger partial charge in [0.05, 0.1) is 24.6 Å². The molecule has 0 atom stereocenters. The Balaban J connectivity index is 0.000000236. The van der Waals surface area contributed by atoms with Gasteiger partial charge in [-0.15, -0.1) is 0 Å². The molecule has 112 heavy (non-hydrogen) atoms. The number of nitrogens with zero attached hydrogens (tertiary/aromatic N) is 5. The van der Waals surface area contributed by atoms with Gasteiger partial charge in [-0.3, -0.25) is 28.5 Å². The van der Waals surface area contributed by atoms with Crippen molar-refractivity contribution in [1.82, 2.24) is 44.5 Å². The number of benzene rings is 5. The van der Waals surface area contributed by atoms with Gasteiger partial charge in [0.1, 0.15) is 11.5 Å². The number of sulfonamides is 2. The van der Waals surface area contributed by atoms with Crippen LogP contribution < -0.4 is 29.6 Å². The molecule has 1 aliphatic heterocycles. The summed E-state index contributed by atoms with van der Waals surface area (Å²) in [6.07, 6.45) is 4.11. The highest BCUT2D eigenvalue weighted by Gasteiger charge is 2.37. The predicted octanol–water partition coefficient (Wildman–Crippen LogP) is 18.3. The first-order chi connectivity index (χ1) is 52.6. The molecule has 0 bridgehead atoms. The van der Waals surface area contributed by atoms with E-state index in [1.54, 1.807) is 0 Å². The van der Waals surface area contributed by atoms with Crippen LogP contribution in [0, 0.1) is 61.3 Å². The van der Waals surface area contributed by atoms with E-state index in [1.165, 1.54) is 18.2 Å². The van der Waals surface area contributed by atoms with Crippen molar-refractivity contribution in [1.29, 1.82) is 0 Å². The number of carbonyl (C=O) groups excluding carboxylic acids is 4. The molecule has 596 valence electrons. The first kappa shape index (κ1) is 85.5. The van der Waals surface area contributed by atoms with E-state index in [1.807, 2.05) is 144 Å². The number of halogens is 4. The SMILES string of the molecule is C.Cc1cc(OCCCC2=C(C(=O)NS(=O)(=O)c3ccc(C(=O)NCC4CCN(C(C)C)CC4)o3)Cc3c2ccc(Cl)c3-c2c(C)nn(C(C)C)c2C)cc(C)c1Cl.Cc1cc(OCCCC2=C(C(=O)NS(=O)(=O)c3ccc(C(=O)NCc4ccccc4)o3)Cc3c2ccc(Cl)c3-c2c(C)nn(C(C)C)c2C)cc(C)c1Cl. The average molecular weight is 1640 g/mol. The Labute approximate surface area is 677 Å². The first-order valence-electron chi connectivity index (χ1n) is 37.3. The number of nitrogens with one attached hydrogen (secondary N) is 4. The molecule has 1 fully saturated rings. The second kappa shape index (κ2) is 36.0. The number of rotatable bonds is 27. The Bertz CT molecular complexity index is 5330. The minimum absolute atomic E-state index is 0. The summed E-state index contributed by atoms with van der Waals surface area (Å²) < 4.78 is 85.9. The molecule has 2 aliphatic carbocycles. The lowest BCUT2D eigenvalue weighted by Crippen LogP contribution is -2.41. The van der Waals surface area contributed by atoms with Crippen molar-refractivity contribution in [3.63, 3.8) is 0 Å². The number of fused-ring (bicyclic) bond motifs is 2. The lowest BCUT2D eigenvalue weighted by atomic mass is 9.93. The lowest BCUT2D eigenvalue weighted by Gasteiger charge is -2.34. The highest BCUT2D eigenvalue weighted by atomic mass is 35.5. The molecule has 27 heteroatoms. The molecule has 12 rings (SSSR count). The number of furan rings is 2. The fourth-order valence-corrected chi connectivity index (χ4v) is 17.6. The zero-order valence-electron chi connectivity index (χ0n) is 65.0. The number of aromatic nitrogens is 4. The number of aryl methyl sites for hydroxylation is 6. The number of hydrogen-bond acceptors (Lipinski definition) is 15. The molecule has 5 aromatic carbocycles. The van der Waals surface area contributed by atoms with Crippen LogP contribution in [0.1, 0.15) is 194 Å². The zero-order valence-corrected chi connectivity index (χ0v) is 69.6. The Kier molecular flexibility index (Phi) is 27.5. The smallest absolute Gasteiger partial charge is 0.297 e. The number of piperidine rings is 1. The molecule has 0 spiro atoms. The topological polar surface area (TPSA) is 268 Å². The van der Waals surface area contributed by atoms with Gasteiger partial charge in [0.2, 0.25) is 10.2 Å². The lowest BCUT2D eigenvalue weighted by molar-refractivity contribution is -0.116. The van der Waals surface area contributed by atoms with Gasteiger partial charge in [0.15, 0.2) is 11.5 Å². The minimum Gasteiger partial charge on any atom is -0.494 e. The normalized spacial score (nSPS) is 13.8. The van der Waals surface area contributed by atoms with Crippen LogP contribution in [0.15, 0.2) is 133 Å². The summed E-state index contributed by atoms with van der Waals surface area (Å²) in [6.45, 7) is 31.4. The van der Waals surface area contributed by atoms with Gasteiger partial charge in [0.25, 0.3) is 43.7 Å². The van der Waals surface area contributed by atoms with Gasteiger partial charge in [-0.25, -0.2) is 9.44 Å². The average Bonchev–Trinajstić information content (AvgIpc) is 1.59. The molecular weight excluding hydrogens is 1540 g/mol. The standard InChI is InChI=1S/C43H53Cl2N5O6S.C41H42Cl2N4O6S.CH4/c1-24(2)49-17-15-30(16-18-49)23-46-43(52)37-13-14-38(56-37)57(53,54)48-42(51)35-22-34-33(32(35)10-9-19-55-31-20-26(5)41(45)27(6)21-31)11-12-36(44)40(34)39-28(7)47-50(25(3)4)29(39)8;1-23(2)47-27(6)37(26(5)45-47)38-32-21-33(30(31(32)14-15-34(38)42)13-10-18-52-29-19-24(3)39(43)25(4)20-29)40(48)46-54(50,51)36-17-16-35(53-36)41(49)44-22-28-11-8-7-9-12-28;/h11-14,20-21,24-25,30H,9-10,15-19,22-23H2,1-8H3,(H,46,52)(H,48,51);7-9,11-12,14-17,19-20,23H,10,13,18,21-22H2,1-6H3,(H,44,49)(H,46,48);1H4. The van der Waals surface area contributed by atoms with E-state index in [0.29, 0.717) is 106 Å². The van der Waals surface area contributed by atoms with Crippen molar-refractivity contribution in [3.05, 3.63) is 219 Å². The predicted molar refractivity (Wildman–Crippen MR) is 442 cm³/mol. The number of likely N-dealkylation sites (tertiary alicyclic amines) is 1. The van der Waals surface area contributed by atoms with E-state index < -0.39 is 53.9 Å². The molecule has 0 saturated carbocycles. The quantitative estimate of drug-likeness (QED) is 0.0349. The first-order valence-corrected chi connectivity index (χ1v) is 41.8. The Morgan fingerprint density at radius 3 is 1.30 bits per heavy atom. The van der Waals surface area contributed by atoms with Crippen molar-refractivity contribution in [2.75, 3.05) is 32.8 Å². The number of hydrogen-bond donors (Lipinski definition) is 4. The van der Waals surface area contributed by atoms with Crippen molar-refractivity contribution < 1.29 is 54.3 Å². The van der Waals surface area contributed by atoms with Crippen molar-refractivity contribution in [2.45, 2.75) is 191 Å². The molecule has 0 unspecified atom stereocenters. The molecule has 0 radical (unpaired) electrons. The van der Waals surface area contributed by atoms with Crippen LogP contribution in [-0.2, 0) is 49.0 Å². The van der Waals surface area contributed by atoms with E-state index in [9.17, 15) is 36.0 Å². The summed E-state index contributed by atoms with van der Waals surface area (Å²) in [5, 5.41) is 16.5. The fraction of sp³-hybridized carbons (Fsp3) is 0.388. The summed E-state index contributed by atoms with van der Waals surface area (Å²) in [6, 6.07) is 29.8. The highest BCUT2D eigenvalue weighted by molar-refractivity contribution is 7.90. The van der Waals surface area contributed by atoms with Crippen LogP contribution in [-0.4, -0.2) is 104 Å². The minimum atomic E-state index is -4.51. The van der Waals surface area contributed by atoms with E-state index in [2.05, 4.69) is 66.5 Å². The molecular formula is C85H99Cl4N9O12S2. The largest absolute Gasteiger partial charge is 0.494 e. The maximum atomic E-state index is 14.2. The number of allylic oxidation sites excluding steroid dienone is 2.